The number of amides is 1. The van der Waals surface area contributed by atoms with Crippen LogP contribution in [0.1, 0.15) is 24.5 Å². The maximum atomic E-state index is 13.0. The third-order valence-electron chi connectivity index (χ3n) is 4.83. The van der Waals surface area contributed by atoms with Crippen LogP contribution < -0.4 is 4.74 Å². The number of nitrogens with zero attached hydrogens (tertiary/aromatic N) is 1. The first-order valence-corrected chi connectivity index (χ1v) is 11.5. The highest BCUT2D eigenvalue weighted by atomic mass is 35.5. The summed E-state index contributed by atoms with van der Waals surface area (Å²) in [6, 6.07) is 14.4. The maximum absolute atomic E-state index is 13.0. The molecule has 2 aromatic rings. The van der Waals surface area contributed by atoms with E-state index in [1.54, 1.807) is 17.0 Å². The van der Waals surface area contributed by atoms with Crippen molar-refractivity contribution in [2.24, 2.45) is 0 Å². The number of ether oxygens (including phenoxy) is 1. The third kappa shape index (κ3) is 5.49. The van der Waals surface area contributed by atoms with Gasteiger partial charge in [-0.15, -0.1) is 0 Å². The summed E-state index contributed by atoms with van der Waals surface area (Å²) in [4.78, 5) is 14.7. The molecule has 1 unspecified atom stereocenters. The molecule has 1 aliphatic heterocycles. The zero-order valence-electron chi connectivity index (χ0n) is 15.8. The lowest BCUT2D eigenvalue weighted by Gasteiger charge is -2.28. The van der Waals surface area contributed by atoms with Crippen molar-refractivity contribution in [1.82, 2.24) is 4.90 Å². The molecular weight excluding hydrogens is 398 g/mol. The lowest BCUT2D eigenvalue weighted by Crippen LogP contribution is -2.41. The SMILES string of the molecule is CCOc1ccc(CN(C(=O)Cc2ccc(Cl)cc2)C2CCS(=O)(=O)C2)cc1. The van der Waals surface area contributed by atoms with Crippen LogP contribution >= 0.6 is 11.6 Å². The number of benzene rings is 2. The summed E-state index contributed by atoms with van der Waals surface area (Å²) < 4.78 is 29.4. The molecule has 7 heteroatoms. The van der Waals surface area contributed by atoms with Gasteiger partial charge in [-0.25, -0.2) is 8.42 Å². The summed E-state index contributed by atoms with van der Waals surface area (Å²) in [7, 11) is -3.09. The Labute approximate surface area is 171 Å². The average Bonchev–Trinajstić information content (AvgIpc) is 3.02. The number of rotatable bonds is 7. The van der Waals surface area contributed by atoms with Gasteiger partial charge in [-0.2, -0.15) is 0 Å². The average molecular weight is 422 g/mol. The largest absolute Gasteiger partial charge is 0.494 e. The predicted octanol–water partition coefficient (Wildman–Crippen LogP) is 3.50. The third-order valence-corrected chi connectivity index (χ3v) is 6.83. The molecule has 1 aliphatic rings. The number of carbonyl (C=O) groups excluding carboxylic acids is 1. The van der Waals surface area contributed by atoms with Crippen molar-refractivity contribution in [1.29, 1.82) is 0 Å². The zero-order chi connectivity index (χ0) is 20.1. The Bertz CT molecular complexity index is 910. The molecule has 1 atom stereocenters. The van der Waals surface area contributed by atoms with Crippen molar-refractivity contribution in [2.75, 3.05) is 18.1 Å². The Balaban J connectivity index is 1.78. The van der Waals surface area contributed by atoms with Crippen molar-refractivity contribution < 1.29 is 17.9 Å². The molecule has 1 fully saturated rings. The van der Waals surface area contributed by atoms with Gasteiger partial charge >= 0.3 is 0 Å². The topological polar surface area (TPSA) is 63.7 Å². The van der Waals surface area contributed by atoms with Crippen LogP contribution in [-0.2, 0) is 27.6 Å². The number of carbonyl (C=O) groups is 1. The van der Waals surface area contributed by atoms with E-state index >= 15 is 0 Å². The van der Waals surface area contributed by atoms with Gasteiger partial charge in [0, 0.05) is 17.6 Å². The molecule has 0 aromatic heterocycles. The standard InChI is InChI=1S/C21H24ClNO4S/c1-2-27-20-9-5-17(6-10-20)14-23(19-11-12-28(25,26)15-19)21(24)13-16-3-7-18(22)8-4-16/h3-10,19H,2,11-15H2,1H3. The fraction of sp³-hybridized carbons (Fsp3) is 0.381. The Hall–Kier alpha value is -2.05. The summed E-state index contributed by atoms with van der Waals surface area (Å²) in [5.41, 5.74) is 1.80. The van der Waals surface area contributed by atoms with E-state index in [1.807, 2.05) is 43.3 Å². The second kappa shape index (κ2) is 8.97. The molecule has 0 spiro atoms. The molecule has 1 amide bonds. The maximum Gasteiger partial charge on any atom is 0.227 e. The summed E-state index contributed by atoms with van der Waals surface area (Å²) in [5.74, 6) is 0.842. The molecule has 0 saturated carbocycles. The van der Waals surface area contributed by atoms with Crippen LogP contribution in [0, 0.1) is 0 Å². The van der Waals surface area contributed by atoms with Gasteiger partial charge in [-0.3, -0.25) is 4.79 Å². The van der Waals surface area contributed by atoms with Crippen molar-refractivity contribution in [3.8, 4) is 5.75 Å². The molecule has 1 saturated heterocycles. The van der Waals surface area contributed by atoms with Crippen molar-refractivity contribution in [3.05, 3.63) is 64.7 Å². The first-order valence-electron chi connectivity index (χ1n) is 9.32. The molecule has 0 aliphatic carbocycles. The van der Waals surface area contributed by atoms with Crippen molar-refractivity contribution in [3.63, 3.8) is 0 Å². The fourth-order valence-electron chi connectivity index (χ4n) is 3.37. The van der Waals surface area contributed by atoms with E-state index in [9.17, 15) is 13.2 Å². The van der Waals surface area contributed by atoms with Gasteiger partial charge in [-0.1, -0.05) is 35.9 Å². The van der Waals surface area contributed by atoms with Crippen molar-refractivity contribution in [2.45, 2.75) is 32.4 Å². The molecule has 150 valence electrons. The normalized spacial score (nSPS) is 18.0. The minimum atomic E-state index is -3.09. The molecule has 0 radical (unpaired) electrons. The second-order valence-electron chi connectivity index (χ2n) is 6.96. The summed E-state index contributed by atoms with van der Waals surface area (Å²) in [6.45, 7) is 2.88. The smallest absolute Gasteiger partial charge is 0.227 e. The fourth-order valence-corrected chi connectivity index (χ4v) is 5.23. The zero-order valence-corrected chi connectivity index (χ0v) is 17.4. The van der Waals surface area contributed by atoms with Crippen LogP contribution in [0.15, 0.2) is 48.5 Å². The summed E-state index contributed by atoms with van der Waals surface area (Å²) in [6.07, 6.45) is 0.691. The van der Waals surface area contributed by atoms with Gasteiger partial charge in [0.1, 0.15) is 5.75 Å². The van der Waals surface area contributed by atoms with Crippen LogP contribution in [0.2, 0.25) is 5.02 Å². The van der Waals surface area contributed by atoms with Crippen LogP contribution in [0.3, 0.4) is 0 Å². The predicted molar refractivity (Wildman–Crippen MR) is 110 cm³/mol. The monoisotopic (exact) mass is 421 g/mol. The van der Waals surface area contributed by atoms with Gasteiger partial charge in [-0.05, 0) is 48.7 Å². The molecule has 0 bridgehead atoms. The molecule has 3 rings (SSSR count). The van der Waals surface area contributed by atoms with Crippen molar-refractivity contribution >= 4 is 27.3 Å². The highest BCUT2D eigenvalue weighted by Gasteiger charge is 2.34. The van der Waals surface area contributed by atoms with Crippen LogP contribution in [-0.4, -0.2) is 43.4 Å². The van der Waals surface area contributed by atoms with E-state index in [4.69, 9.17) is 16.3 Å². The molecular formula is C21H24ClNO4S. The van der Waals surface area contributed by atoms with E-state index < -0.39 is 9.84 Å². The minimum Gasteiger partial charge on any atom is -0.494 e. The Morgan fingerprint density at radius 2 is 1.75 bits per heavy atom. The van der Waals surface area contributed by atoms with Gasteiger partial charge in [0.05, 0.1) is 24.5 Å². The Kier molecular flexibility index (Phi) is 6.62. The van der Waals surface area contributed by atoms with Gasteiger partial charge in [0.25, 0.3) is 0 Å². The first kappa shape index (κ1) is 20.7. The van der Waals surface area contributed by atoms with Crippen LogP contribution in [0.5, 0.6) is 5.75 Å². The van der Waals surface area contributed by atoms with E-state index in [0.717, 1.165) is 16.9 Å². The molecule has 5 nitrogen and oxygen atoms in total. The second-order valence-corrected chi connectivity index (χ2v) is 9.62. The van der Waals surface area contributed by atoms with Crippen LogP contribution in [0.4, 0.5) is 0 Å². The highest BCUT2D eigenvalue weighted by molar-refractivity contribution is 7.91. The first-order chi connectivity index (χ1) is 13.4. The quantitative estimate of drug-likeness (QED) is 0.686. The minimum absolute atomic E-state index is 0.0242. The molecule has 2 aromatic carbocycles. The van der Waals surface area contributed by atoms with Gasteiger partial charge in [0.15, 0.2) is 9.84 Å². The Morgan fingerprint density at radius 3 is 2.32 bits per heavy atom. The molecule has 28 heavy (non-hydrogen) atoms. The number of halogens is 1. The van der Waals surface area contributed by atoms with E-state index in [2.05, 4.69) is 0 Å². The lowest BCUT2D eigenvalue weighted by atomic mass is 10.1. The number of hydrogen-bond acceptors (Lipinski definition) is 4. The number of hydrogen-bond donors (Lipinski definition) is 0. The van der Waals surface area contributed by atoms with E-state index in [0.29, 0.717) is 24.6 Å². The van der Waals surface area contributed by atoms with Gasteiger partial charge < -0.3 is 9.64 Å². The molecule has 1 heterocycles. The van der Waals surface area contributed by atoms with E-state index in [-0.39, 0.29) is 29.9 Å². The summed E-state index contributed by atoms with van der Waals surface area (Å²) >= 11 is 5.92. The van der Waals surface area contributed by atoms with Gasteiger partial charge in [0.2, 0.25) is 5.91 Å². The summed E-state index contributed by atoms with van der Waals surface area (Å²) in [5, 5.41) is 0.615. The van der Waals surface area contributed by atoms with Crippen LogP contribution in [0.25, 0.3) is 0 Å². The molecule has 0 N–H and O–H groups in total. The highest BCUT2D eigenvalue weighted by Crippen LogP contribution is 2.23. The number of sulfone groups is 1. The lowest BCUT2D eigenvalue weighted by molar-refractivity contribution is -0.133. The van der Waals surface area contributed by atoms with E-state index in [1.165, 1.54) is 0 Å². The Morgan fingerprint density at radius 1 is 1.11 bits per heavy atom.